The number of amides is 1. The topological polar surface area (TPSA) is 115 Å². The summed E-state index contributed by atoms with van der Waals surface area (Å²) >= 11 is 0. The molecule has 1 saturated carbocycles. The molecule has 0 saturated heterocycles. The van der Waals surface area contributed by atoms with Gasteiger partial charge < -0.3 is 25.6 Å². The van der Waals surface area contributed by atoms with Crippen molar-refractivity contribution < 1.29 is 14.7 Å². The molecule has 1 amide bonds. The number of pyridine rings is 1. The van der Waals surface area contributed by atoms with E-state index in [-0.39, 0.29) is 24.5 Å². The van der Waals surface area contributed by atoms with Gasteiger partial charge >= 0.3 is 0 Å². The van der Waals surface area contributed by atoms with E-state index in [4.69, 9.17) is 9.90 Å². The molecule has 1 fully saturated rings. The van der Waals surface area contributed by atoms with E-state index in [1.165, 1.54) is 18.5 Å². The van der Waals surface area contributed by atoms with Crippen LogP contribution in [0, 0.1) is 6.92 Å². The summed E-state index contributed by atoms with van der Waals surface area (Å²) in [5.74, 6) is -0.119. The van der Waals surface area contributed by atoms with Crippen LogP contribution in [-0.4, -0.2) is 48.1 Å². The maximum atomic E-state index is 13.4. The molecule has 8 nitrogen and oxygen atoms in total. The van der Waals surface area contributed by atoms with Crippen molar-refractivity contribution in [2.24, 2.45) is 0 Å². The summed E-state index contributed by atoms with van der Waals surface area (Å²) in [4.78, 5) is 39.7. The standard InChI is InChI=1S/C28H38N4O2.CH2O2/c1-4-32(22-15-13-21(29-3)14-16-22)26-12-8-11-24-23(26)10-7-5-6-9-20-17-19(2)31-28(34)25(20)18-30-27(24)33;2-1-3/h5,7-8,11-12,17,21-22,29H,4,6,9-10,13-16,18H2,1-3H3,(H,30,33)(H,31,34);1H,(H,2,3)/b7-5-;. The lowest BCUT2D eigenvalue weighted by Gasteiger charge is -2.39. The van der Waals surface area contributed by atoms with Crippen molar-refractivity contribution in [3.8, 4) is 0 Å². The molecule has 0 bridgehead atoms. The van der Waals surface area contributed by atoms with Crippen LogP contribution in [0.3, 0.4) is 0 Å². The van der Waals surface area contributed by atoms with Gasteiger partial charge in [0.1, 0.15) is 0 Å². The number of nitrogens with one attached hydrogen (secondary N) is 3. The van der Waals surface area contributed by atoms with Crippen molar-refractivity contribution in [1.29, 1.82) is 0 Å². The summed E-state index contributed by atoms with van der Waals surface area (Å²) < 4.78 is 0. The Balaban J connectivity index is 0.00000121. The SMILES string of the molecule is CCN(c1cccc2c1C/C=C\CCc1cc(C)[nH]c(=O)c1CNC2=O)C1CCC(NC)CC1.O=CO. The maximum Gasteiger partial charge on any atom is 0.290 e. The van der Waals surface area contributed by atoms with Gasteiger partial charge in [-0.3, -0.25) is 14.4 Å². The highest BCUT2D eigenvalue weighted by Crippen LogP contribution is 2.32. The molecule has 1 aromatic heterocycles. The minimum Gasteiger partial charge on any atom is -0.483 e. The van der Waals surface area contributed by atoms with Gasteiger partial charge in [0.2, 0.25) is 0 Å². The van der Waals surface area contributed by atoms with Gasteiger partial charge in [-0.1, -0.05) is 18.2 Å². The van der Waals surface area contributed by atoms with Gasteiger partial charge in [0, 0.05) is 47.7 Å². The van der Waals surface area contributed by atoms with Crippen LogP contribution in [0.4, 0.5) is 5.69 Å². The molecule has 2 aromatic rings. The number of hydrogen-bond donors (Lipinski definition) is 4. The lowest BCUT2D eigenvalue weighted by Crippen LogP contribution is -2.42. The number of nitrogens with zero attached hydrogens (tertiary/aromatic N) is 1. The van der Waals surface area contributed by atoms with Crippen LogP contribution in [0.1, 0.15) is 71.8 Å². The number of aromatic amines is 1. The lowest BCUT2D eigenvalue weighted by atomic mass is 9.89. The summed E-state index contributed by atoms with van der Waals surface area (Å²) in [5.41, 5.74) is 5.35. The molecule has 8 heteroatoms. The third-order valence-corrected chi connectivity index (χ3v) is 7.45. The predicted octanol–water partition coefficient (Wildman–Crippen LogP) is 3.72. The van der Waals surface area contributed by atoms with Crippen molar-refractivity contribution in [2.75, 3.05) is 18.5 Å². The van der Waals surface area contributed by atoms with E-state index in [2.05, 4.69) is 52.7 Å². The molecular formula is C29H40N4O4. The number of aromatic nitrogens is 1. The highest BCUT2D eigenvalue weighted by molar-refractivity contribution is 5.97. The van der Waals surface area contributed by atoms with Crippen LogP contribution in [0.25, 0.3) is 0 Å². The van der Waals surface area contributed by atoms with Crippen molar-refractivity contribution in [3.63, 3.8) is 0 Å². The molecular weight excluding hydrogens is 468 g/mol. The highest BCUT2D eigenvalue weighted by Gasteiger charge is 2.27. The second-order valence-electron chi connectivity index (χ2n) is 9.67. The number of anilines is 1. The molecule has 2 aliphatic rings. The monoisotopic (exact) mass is 508 g/mol. The quantitative estimate of drug-likeness (QED) is 0.370. The highest BCUT2D eigenvalue weighted by atomic mass is 16.3. The second kappa shape index (κ2) is 13.8. The first-order chi connectivity index (χ1) is 17.9. The van der Waals surface area contributed by atoms with Gasteiger partial charge in [-0.25, -0.2) is 0 Å². The van der Waals surface area contributed by atoms with E-state index in [1.54, 1.807) is 0 Å². The van der Waals surface area contributed by atoms with Gasteiger partial charge in [0.25, 0.3) is 17.9 Å². The third kappa shape index (κ3) is 7.10. The Kier molecular flexibility index (Phi) is 10.5. The van der Waals surface area contributed by atoms with Crippen molar-refractivity contribution >= 4 is 18.1 Å². The number of H-pyrrole nitrogens is 1. The zero-order valence-corrected chi connectivity index (χ0v) is 22.2. The Morgan fingerprint density at radius 2 is 1.86 bits per heavy atom. The van der Waals surface area contributed by atoms with Crippen molar-refractivity contribution in [3.05, 3.63) is 74.7 Å². The number of aryl methyl sites for hydroxylation is 2. The van der Waals surface area contributed by atoms with E-state index in [0.717, 1.165) is 55.5 Å². The summed E-state index contributed by atoms with van der Waals surface area (Å²) in [5, 5.41) is 13.4. The van der Waals surface area contributed by atoms with Gasteiger partial charge in [-0.2, -0.15) is 0 Å². The van der Waals surface area contributed by atoms with Gasteiger partial charge in [-0.05, 0) is 95.2 Å². The fourth-order valence-electron chi connectivity index (χ4n) is 5.60. The Bertz CT molecular complexity index is 1150. The first-order valence-electron chi connectivity index (χ1n) is 13.2. The molecule has 4 rings (SSSR count). The molecule has 37 heavy (non-hydrogen) atoms. The summed E-state index contributed by atoms with van der Waals surface area (Å²) in [7, 11) is 2.05. The first kappa shape index (κ1) is 28.2. The molecule has 200 valence electrons. The molecule has 0 radical (unpaired) electrons. The van der Waals surface area contributed by atoms with Crippen LogP contribution in [0.5, 0.6) is 0 Å². The number of carbonyl (C=O) groups excluding carboxylic acids is 1. The molecule has 2 heterocycles. The van der Waals surface area contributed by atoms with Crippen LogP contribution < -0.4 is 21.1 Å². The second-order valence-corrected chi connectivity index (χ2v) is 9.67. The number of rotatable bonds is 4. The van der Waals surface area contributed by atoms with E-state index in [1.807, 2.05) is 25.1 Å². The average molecular weight is 509 g/mol. The minimum atomic E-state index is -0.250. The van der Waals surface area contributed by atoms with Gasteiger partial charge in [0.15, 0.2) is 0 Å². The van der Waals surface area contributed by atoms with Crippen molar-refractivity contribution in [1.82, 2.24) is 15.6 Å². The van der Waals surface area contributed by atoms with Gasteiger partial charge in [-0.15, -0.1) is 0 Å². The van der Waals surface area contributed by atoms with Crippen LogP contribution in [0.2, 0.25) is 0 Å². The Morgan fingerprint density at radius 1 is 1.14 bits per heavy atom. The Hall–Kier alpha value is -3.39. The molecule has 0 unspecified atom stereocenters. The van der Waals surface area contributed by atoms with E-state index < -0.39 is 0 Å². The minimum absolute atomic E-state index is 0.111. The van der Waals surface area contributed by atoms with E-state index in [0.29, 0.717) is 23.2 Å². The lowest BCUT2D eigenvalue weighted by molar-refractivity contribution is -0.122. The smallest absolute Gasteiger partial charge is 0.290 e. The molecule has 0 atom stereocenters. The summed E-state index contributed by atoms with van der Waals surface area (Å²) in [6, 6.07) is 9.20. The molecule has 1 aliphatic carbocycles. The number of hydrogen-bond acceptors (Lipinski definition) is 5. The zero-order valence-electron chi connectivity index (χ0n) is 22.2. The summed E-state index contributed by atoms with van der Waals surface area (Å²) in [6.07, 6.45) is 11.4. The summed E-state index contributed by atoms with van der Waals surface area (Å²) in [6.45, 7) is 5.01. The fourth-order valence-corrected chi connectivity index (χ4v) is 5.60. The van der Waals surface area contributed by atoms with Crippen LogP contribution >= 0.6 is 0 Å². The molecule has 1 aliphatic heterocycles. The first-order valence-corrected chi connectivity index (χ1v) is 13.2. The average Bonchev–Trinajstić information content (AvgIpc) is 2.88. The molecule has 1 aromatic carbocycles. The largest absolute Gasteiger partial charge is 0.483 e. The van der Waals surface area contributed by atoms with E-state index >= 15 is 0 Å². The van der Waals surface area contributed by atoms with Crippen molar-refractivity contribution in [2.45, 2.75) is 77.4 Å². The predicted molar refractivity (Wildman–Crippen MR) is 147 cm³/mol. The van der Waals surface area contributed by atoms with Crippen LogP contribution in [-0.2, 0) is 24.2 Å². The number of benzene rings is 1. The normalized spacial score (nSPS) is 20.5. The number of allylic oxidation sites excluding steroid dienone is 2. The molecule has 4 N–H and O–H groups in total. The number of fused-ring (bicyclic) bond motifs is 2. The fraction of sp³-hybridized carbons (Fsp3) is 0.483. The van der Waals surface area contributed by atoms with Crippen LogP contribution in [0.15, 0.2) is 41.2 Å². The van der Waals surface area contributed by atoms with Gasteiger partial charge in [0.05, 0.1) is 0 Å². The molecule has 0 spiro atoms. The number of carboxylic acid groups (broad SMARTS) is 1. The zero-order chi connectivity index (χ0) is 26.8. The third-order valence-electron chi connectivity index (χ3n) is 7.45. The Morgan fingerprint density at radius 3 is 2.54 bits per heavy atom. The number of carbonyl (C=O) groups is 2. The van der Waals surface area contributed by atoms with E-state index in [9.17, 15) is 9.59 Å². The Labute approximate surface area is 219 Å². The maximum absolute atomic E-state index is 13.4.